The van der Waals surface area contributed by atoms with Crippen LogP contribution in [0.3, 0.4) is 0 Å². The Kier molecular flexibility index (Phi) is 5.35. The second kappa shape index (κ2) is 8.07. The Bertz CT molecular complexity index is 1000. The quantitative estimate of drug-likeness (QED) is 0.691. The highest BCUT2D eigenvalue weighted by Crippen LogP contribution is 2.20. The molecule has 1 saturated heterocycles. The lowest BCUT2D eigenvalue weighted by Gasteiger charge is -2.33. The van der Waals surface area contributed by atoms with Crippen LogP contribution in [0, 0.1) is 0 Å². The number of hydrogen-bond acceptors (Lipinski definition) is 4. The van der Waals surface area contributed by atoms with E-state index >= 15 is 0 Å². The first-order chi connectivity index (χ1) is 13.7. The first-order valence-electron chi connectivity index (χ1n) is 9.94. The minimum Gasteiger partial charge on any atom is -0.497 e. The normalized spacial score (nSPS) is 15.1. The SMILES string of the molecule is CCc1ccc2oc(=O)cc(C[NH+]3CCN(c4ccc(OC)cc4)CC3)c2c1. The molecule has 4 rings (SSSR count). The number of quaternary nitrogens is 1. The number of fused-ring (bicyclic) bond motifs is 1. The lowest BCUT2D eigenvalue weighted by atomic mass is 10.0. The predicted molar refractivity (Wildman–Crippen MR) is 111 cm³/mol. The molecule has 2 aromatic carbocycles. The lowest BCUT2D eigenvalue weighted by Crippen LogP contribution is -3.13. The molecular weight excluding hydrogens is 352 g/mol. The maximum atomic E-state index is 12.0. The third kappa shape index (κ3) is 3.90. The van der Waals surface area contributed by atoms with Gasteiger partial charge in [0.05, 0.1) is 33.3 Å². The van der Waals surface area contributed by atoms with Gasteiger partial charge in [-0.2, -0.15) is 0 Å². The third-order valence-electron chi connectivity index (χ3n) is 5.65. The van der Waals surface area contributed by atoms with Crippen LogP contribution >= 0.6 is 0 Å². The van der Waals surface area contributed by atoms with Crippen LogP contribution < -0.4 is 20.2 Å². The number of rotatable bonds is 5. The average molecular weight is 379 g/mol. The van der Waals surface area contributed by atoms with E-state index < -0.39 is 0 Å². The van der Waals surface area contributed by atoms with E-state index in [9.17, 15) is 4.79 Å². The molecule has 2 heterocycles. The van der Waals surface area contributed by atoms with Gasteiger partial charge in [0, 0.05) is 22.7 Å². The van der Waals surface area contributed by atoms with Gasteiger partial charge in [-0.3, -0.25) is 0 Å². The second-order valence-corrected chi connectivity index (χ2v) is 7.39. The van der Waals surface area contributed by atoms with Gasteiger partial charge in [-0.15, -0.1) is 0 Å². The van der Waals surface area contributed by atoms with Crippen molar-refractivity contribution in [1.29, 1.82) is 0 Å². The van der Waals surface area contributed by atoms with Crippen LogP contribution in [0.4, 0.5) is 5.69 Å². The van der Waals surface area contributed by atoms with E-state index in [1.54, 1.807) is 13.2 Å². The predicted octanol–water partition coefficient (Wildman–Crippen LogP) is 2.27. The van der Waals surface area contributed by atoms with Crippen molar-refractivity contribution in [2.24, 2.45) is 0 Å². The molecule has 0 aliphatic carbocycles. The summed E-state index contributed by atoms with van der Waals surface area (Å²) in [6, 6.07) is 16.1. The number of aryl methyl sites for hydroxylation is 1. The van der Waals surface area contributed by atoms with Crippen LogP contribution in [0.5, 0.6) is 5.75 Å². The van der Waals surface area contributed by atoms with Crippen LogP contribution in [-0.4, -0.2) is 33.3 Å². The van der Waals surface area contributed by atoms with Gasteiger partial charge in [0.15, 0.2) is 0 Å². The molecule has 1 aliphatic rings. The molecular formula is C23H27N2O3+. The zero-order chi connectivity index (χ0) is 19.5. The van der Waals surface area contributed by atoms with Crippen molar-refractivity contribution in [3.05, 3.63) is 70.1 Å². The number of ether oxygens (including phenoxy) is 1. The lowest BCUT2D eigenvalue weighted by molar-refractivity contribution is -0.914. The fraction of sp³-hybridized carbons (Fsp3) is 0.348. The van der Waals surface area contributed by atoms with Crippen molar-refractivity contribution in [3.8, 4) is 5.75 Å². The summed E-state index contributed by atoms with van der Waals surface area (Å²) in [4.78, 5) is 15.9. The molecule has 28 heavy (non-hydrogen) atoms. The number of piperazine rings is 1. The fourth-order valence-corrected chi connectivity index (χ4v) is 3.96. The summed E-state index contributed by atoms with van der Waals surface area (Å²) >= 11 is 0. The van der Waals surface area contributed by atoms with Gasteiger partial charge in [-0.1, -0.05) is 13.0 Å². The molecule has 0 amide bonds. The van der Waals surface area contributed by atoms with E-state index in [0.29, 0.717) is 5.58 Å². The minimum atomic E-state index is -0.261. The summed E-state index contributed by atoms with van der Waals surface area (Å²) < 4.78 is 10.6. The van der Waals surface area contributed by atoms with Crippen molar-refractivity contribution < 1.29 is 14.1 Å². The number of methoxy groups -OCH3 is 1. The monoisotopic (exact) mass is 379 g/mol. The molecule has 0 bridgehead atoms. The summed E-state index contributed by atoms with van der Waals surface area (Å²) in [5.74, 6) is 0.884. The van der Waals surface area contributed by atoms with Crippen molar-refractivity contribution in [1.82, 2.24) is 0 Å². The van der Waals surface area contributed by atoms with Gasteiger partial charge < -0.3 is 19.0 Å². The first kappa shape index (κ1) is 18.6. The summed E-state index contributed by atoms with van der Waals surface area (Å²) in [7, 11) is 1.69. The highest BCUT2D eigenvalue weighted by Gasteiger charge is 2.21. The largest absolute Gasteiger partial charge is 0.497 e. The molecule has 3 aromatic rings. The van der Waals surface area contributed by atoms with Crippen LogP contribution in [0.15, 0.2) is 57.7 Å². The zero-order valence-electron chi connectivity index (χ0n) is 16.5. The molecule has 0 unspecified atom stereocenters. The highest BCUT2D eigenvalue weighted by molar-refractivity contribution is 5.80. The van der Waals surface area contributed by atoms with E-state index in [1.807, 2.05) is 24.3 Å². The van der Waals surface area contributed by atoms with Gasteiger partial charge >= 0.3 is 5.63 Å². The van der Waals surface area contributed by atoms with Gasteiger partial charge in [0.1, 0.15) is 17.9 Å². The topological polar surface area (TPSA) is 47.1 Å². The minimum absolute atomic E-state index is 0.261. The van der Waals surface area contributed by atoms with Crippen LogP contribution in [0.25, 0.3) is 11.0 Å². The van der Waals surface area contributed by atoms with E-state index in [4.69, 9.17) is 9.15 Å². The molecule has 1 aliphatic heterocycles. The second-order valence-electron chi connectivity index (χ2n) is 7.39. The molecule has 1 N–H and O–H groups in total. The molecule has 5 nitrogen and oxygen atoms in total. The van der Waals surface area contributed by atoms with Crippen LogP contribution in [0.2, 0.25) is 0 Å². The van der Waals surface area contributed by atoms with Crippen molar-refractivity contribution in [2.75, 3.05) is 38.2 Å². The van der Waals surface area contributed by atoms with Gasteiger partial charge in [-0.25, -0.2) is 4.79 Å². The van der Waals surface area contributed by atoms with Crippen molar-refractivity contribution in [2.45, 2.75) is 19.9 Å². The Morgan fingerprint density at radius 1 is 1.07 bits per heavy atom. The average Bonchev–Trinajstić information content (AvgIpc) is 2.74. The molecule has 0 saturated carbocycles. The standard InChI is InChI=1S/C23H26N2O3/c1-3-17-4-9-22-21(14-17)18(15-23(26)28-22)16-24-10-12-25(13-11-24)19-5-7-20(27-2)8-6-19/h4-9,14-15H,3,10-13,16H2,1-2H3/p+1. The number of hydrogen-bond donors (Lipinski definition) is 1. The Labute approximate surface area is 165 Å². The first-order valence-corrected chi connectivity index (χ1v) is 9.94. The summed E-state index contributed by atoms with van der Waals surface area (Å²) in [6.45, 7) is 7.08. The molecule has 0 radical (unpaired) electrons. The molecule has 1 aromatic heterocycles. The van der Waals surface area contributed by atoms with E-state index in [-0.39, 0.29) is 5.63 Å². The van der Waals surface area contributed by atoms with Crippen LogP contribution in [0.1, 0.15) is 18.1 Å². The summed E-state index contributed by atoms with van der Waals surface area (Å²) in [6.07, 6.45) is 0.974. The number of anilines is 1. The van der Waals surface area contributed by atoms with Crippen molar-refractivity contribution in [3.63, 3.8) is 0 Å². The van der Waals surface area contributed by atoms with E-state index in [1.165, 1.54) is 16.2 Å². The molecule has 146 valence electrons. The smallest absolute Gasteiger partial charge is 0.336 e. The highest BCUT2D eigenvalue weighted by atomic mass is 16.5. The molecule has 0 spiro atoms. The fourth-order valence-electron chi connectivity index (χ4n) is 3.96. The Morgan fingerprint density at radius 3 is 2.50 bits per heavy atom. The van der Waals surface area contributed by atoms with Gasteiger partial charge in [0.2, 0.25) is 0 Å². The van der Waals surface area contributed by atoms with Gasteiger partial charge in [-0.05, 0) is 48.4 Å². The van der Waals surface area contributed by atoms with Crippen molar-refractivity contribution >= 4 is 16.7 Å². The Hall–Kier alpha value is -2.79. The maximum Gasteiger partial charge on any atom is 0.336 e. The van der Waals surface area contributed by atoms with Gasteiger partial charge in [0.25, 0.3) is 0 Å². The number of nitrogens with one attached hydrogen (secondary N) is 1. The number of nitrogens with zero attached hydrogens (tertiary/aromatic N) is 1. The Morgan fingerprint density at radius 2 is 1.82 bits per heavy atom. The number of benzene rings is 2. The maximum absolute atomic E-state index is 12.0. The Balaban J connectivity index is 1.48. The molecule has 0 atom stereocenters. The van der Waals surface area contributed by atoms with Crippen LogP contribution in [-0.2, 0) is 13.0 Å². The summed E-state index contributed by atoms with van der Waals surface area (Å²) in [5, 5.41) is 1.07. The third-order valence-corrected chi connectivity index (χ3v) is 5.65. The summed E-state index contributed by atoms with van der Waals surface area (Å²) in [5.41, 5.74) is 4.02. The van der Waals surface area contributed by atoms with E-state index in [2.05, 4.69) is 30.0 Å². The zero-order valence-corrected chi connectivity index (χ0v) is 16.5. The van der Waals surface area contributed by atoms with E-state index in [0.717, 1.165) is 55.8 Å². The molecule has 5 heteroatoms. The molecule has 1 fully saturated rings.